The summed E-state index contributed by atoms with van der Waals surface area (Å²) >= 11 is 0. The van der Waals surface area contributed by atoms with Gasteiger partial charge in [-0.15, -0.1) is 0 Å². The molecule has 0 atom stereocenters. The fraction of sp³-hybridized carbons (Fsp3) is 0.286. The molecule has 0 aliphatic heterocycles. The normalized spacial score (nSPS) is 11.2. The van der Waals surface area contributed by atoms with E-state index >= 15 is 0 Å². The van der Waals surface area contributed by atoms with Gasteiger partial charge in [-0.2, -0.15) is 0 Å². The van der Waals surface area contributed by atoms with Crippen molar-refractivity contribution in [1.29, 1.82) is 0 Å². The lowest BCUT2D eigenvalue weighted by molar-refractivity contribution is -0.138. The van der Waals surface area contributed by atoms with Crippen molar-refractivity contribution < 1.29 is 23.1 Å². The lowest BCUT2D eigenvalue weighted by atomic mass is 10.0. The summed E-state index contributed by atoms with van der Waals surface area (Å²) in [5.74, 6) is -3.41. The molecule has 0 fully saturated rings. The van der Waals surface area contributed by atoms with Gasteiger partial charge in [0.1, 0.15) is 17.2 Å². The molecule has 1 aromatic carbocycles. The smallest absolute Gasteiger partial charge is 0.343 e. The molecule has 0 saturated heterocycles. The van der Waals surface area contributed by atoms with Crippen molar-refractivity contribution in [3.8, 4) is 0 Å². The van der Waals surface area contributed by atoms with E-state index < -0.39 is 23.4 Å². The highest BCUT2D eigenvalue weighted by Crippen LogP contribution is 2.14. The zero-order valence-corrected chi connectivity index (χ0v) is 11.4. The molecule has 0 saturated carbocycles. The van der Waals surface area contributed by atoms with Crippen molar-refractivity contribution in [2.45, 2.75) is 6.92 Å². The number of benzene rings is 1. The van der Waals surface area contributed by atoms with Gasteiger partial charge in [0.2, 0.25) is 5.78 Å². The van der Waals surface area contributed by atoms with Crippen LogP contribution in [0.15, 0.2) is 30.0 Å². The molecule has 0 aliphatic carbocycles. The van der Waals surface area contributed by atoms with E-state index in [2.05, 4.69) is 0 Å². The first-order valence-electron chi connectivity index (χ1n) is 5.91. The summed E-state index contributed by atoms with van der Waals surface area (Å²) in [7, 11) is 3.22. The second-order valence-electron chi connectivity index (χ2n) is 4.21. The van der Waals surface area contributed by atoms with Gasteiger partial charge >= 0.3 is 5.97 Å². The van der Waals surface area contributed by atoms with Crippen LogP contribution in [0.25, 0.3) is 0 Å². The SMILES string of the molecule is CCOC(=O)C(=CN(C)C)C(=O)c1cc(F)cc(F)c1. The minimum atomic E-state index is -0.888. The second kappa shape index (κ2) is 6.79. The van der Waals surface area contributed by atoms with Crippen LogP contribution >= 0.6 is 0 Å². The quantitative estimate of drug-likeness (QED) is 0.273. The Bertz CT molecular complexity index is 533. The van der Waals surface area contributed by atoms with Gasteiger partial charge in [-0.05, 0) is 19.1 Å². The van der Waals surface area contributed by atoms with Crippen LogP contribution in [-0.4, -0.2) is 37.4 Å². The molecule has 0 N–H and O–H groups in total. The summed E-state index contributed by atoms with van der Waals surface area (Å²) in [5, 5.41) is 0. The van der Waals surface area contributed by atoms with E-state index in [1.165, 1.54) is 11.1 Å². The summed E-state index contributed by atoms with van der Waals surface area (Å²) in [6.07, 6.45) is 1.25. The van der Waals surface area contributed by atoms with Gasteiger partial charge in [-0.25, -0.2) is 13.6 Å². The lowest BCUT2D eigenvalue weighted by Gasteiger charge is -2.10. The van der Waals surface area contributed by atoms with Crippen LogP contribution in [0.5, 0.6) is 0 Å². The van der Waals surface area contributed by atoms with Crippen LogP contribution in [-0.2, 0) is 9.53 Å². The first-order valence-corrected chi connectivity index (χ1v) is 5.91. The van der Waals surface area contributed by atoms with E-state index in [1.54, 1.807) is 21.0 Å². The maximum atomic E-state index is 13.1. The third kappa shape index (κ3) is 4.15. The van der Waals surface area contributed by atoms with Gasteiger partial charge in [0.05, 0.1) is 6.61 Å². The average Bonchev–Trinajstić information content (AvgIpc) is 2.34. The highest BCUT2D eigenvalue weighted by molar-refractivity contribution is 6.24. The van der Waals surface area contributed by atoms with Crippen molar-refractivity contribution in [3.05, 3.63) is 47.2 Å². The zero-order chi connectivity index (χ0) is 15.3. The molecule has 0 aromatic heterocycles. The fourth-order valence-corrected chi connectivity index (χ4v) is 1.51. The molecule has 0 spiro atoms. The van der Waals surface area contributed by atoms with Crippen molar-refractivity contribution in [3.63, 3.8) is 0 Å². The zero-order valence-electron chi connectivity index (χ0n) is 11.4. The summed E-state index contributed by atoms with van der Waals surface area (Å²) < 4.78 is 31.0. The molecular weight excluding hydrogens is 268 g/mol. The molecule has 0 heterocycles. The van der Waals surface area contributed by atoms with Crippen LogP contribution < -0.4 is 0 Å². The minimum Gasteiger partial charge on any atom is -0.462 e. The van der Waals surface area contributed by atoms with Gasteiger partial charge in [0.15, 0.2) is 0 Å². The van der Waals surface area contributed by atoms with Crippen LogP contribution in [0.4, 0.5) is 8.78 Å². The summed E-state index contributed by atoms with van der Waals surface area (Å²) in [4.78, 5) is 25.4. The van der Waals surface area contributed by atoms with Crippen LogP contribution in [0.3, 0.4) is 0 Å². The Morgan fingerprint density at radius 3 is 2.20 bits per heavy atom. The maximum absolute atomic E-state index is 13.1. The van der Waals surface area contributed by atoms with Crippen molar-refractivity contribution in [2.24, 2.45) is 0 Å². The van der Waals surface area contributed by atoms with E-state index in [4.69, 9.17) is 4.74 Å². The molecule has 0 amide bonds. The Kier molecular flexibility index (Phi) is 5.37. The van der Waals surface area contributed by atoms with Gasteiger partial charge in [-0.1, -0.05) is 0 Å². The molecule has 1 aromatic rings. The average molecular weight is 283 g/mol. The van der Waals surface area contributed by atoms with E-state index in [0.717, 1.165) is 12.1 Å². The minimum absolute atomic E-state index is 0.0917. The highest BCUT2D eigenvalue weighted by Gasteiger charge is 2.22. The third-order valence-electron chi connectivity index (χ3n) is 2.25. The number of ketones is 1. The van der Waals surface area contributed by atoms with E-state index in [0.29, 0.717) is 6.07 Å². The first kappa shape index (κ1) is 15.8. The van der Waals surface area contributed by atoms with Crippen LogP contribution in [0.2, 0.25) is 0 Å². The number of hydrogen-bond donors (Lipinski definition) is 0. The number of halogens is 2. The first-order chi connectivity index (χ1) is 9.35. The predicted octanol–water partition coefficient (Wildman–Crippen LogP) is 2.16. The standard InChI is InChI=1S/C14H15F2NO3/c1-4-20-14(19)12(8-17(2)3)13(18)9-5-10(15)7-11(16)6-9/h5-8H,4H2,1-3H3. The van der Waals surface area contributed by atoms with Crippen molar-refractivity contribution in [1.82, 2.24) is 4.90 Å². The Hall–Kier alpha value is -2.24. The number of ether oxygens (including phenoxy) is 1. The number of carbonyl (C=O) groups is 2. The number of rotatable bonds is 5. The number of carbonyl (C=O) groups excluding carboxylic acids is 2. The second-order valence-corrected chi connectivity index (χ2v) is 4.21. The Morgan fingerprint density at radius 1 is 1.20 bits per heavy atom. The summed E-state index contributed by atoms with van der Waals surface area (Å²) in [6.45, 7) is 1.69. The molecule has 108 valence electrons. The molecule has 4 nitrogen and oxygen atoms in total. The molecule has 20 heavy (non-hydrogen) atoms. The Labute approximate surface area is 115 Å². The summed E-state index contributed by atoms with van der Waals surface area (Å²) in [5.41, 5.74) is -0.537. The fourth-order valence-electron chi connectivity index (χ4n) is 1.51. The molecule has 0 aliphatic rings. The number of Topliss-reactive ketones (excluding diaryl/α,β-unsaturated/α-hetero) is 1. The number of nitrogens with zero attached hydrogens (tertiary/aromatic N) is 1. The highest BCUT2D eigenvalue weighted by atomic mass is 19.1. The van der Waals surface area contributed by atoms with Crippen molar-refractivity contribution in [2.75, 3.05) is 20.7 Å². The molecule has 6 heteroatoms. The molecule has 1 rings (SSSR count). The van der Waals surface area contributed by atoms with Crippen LogP contribution in [0, 0.1) is 11.6 Å². The number of hydrogen-bond acceptors (Lipinski definition) is 4. The maximum Gasteiger partial charge on any atom is 0.343 e. The topological polar surface area (TPSA) is 46.6 Å². The largest absolute Gasteiger partial charge is 0.462 e. The van der Waals surface area contributed by atoms with Gasteiger partial charge in [0, 0.05) is 31.9 Å². The van der Waals surface area contributed by atoms with Gasteiger partial charge < -0.3 is 9.64 Å². The molecule has 0 radical (unpaired) electrons. The van der Waals surface area contributed by atoms with Gasteiger partial charge in [-0.3, -0.25) is 4.79 Å². The third-order valence-corrected chi connectivity index (χ3v) is 2.25. The van der Waals surface area contributed by atoms with E-state index in [-0.39, 0.29) is 17.7 Å². The Balaban J connectivity index is 3.20. The lowest BCUT2D eigenvalue weighted by Crippen LogP contribution is -2.19. The monoisotopic (exact) mass is 283 g/mol. The van der Waals surface area contributed by atoms with Gasteiger partial charge in [0.25, 0.3) is 0 Å². The molecular formula is C14H15F2NO3. The molecule has 0 bridgehead atoms. The molecule has 0 unspecified atom stereocenters. The van der Waals surface area contributed by atoms with E-state index in [9.17, 15) is 18.4 Å². The van der Waals surface area contributed by atoms with Crippen LogP contribution in [0.1, 0.15) is 17.3 Å². The number of esters is 1. The Morgan fingerprint density at radius 2 is 1.75 bits per heavy atom. The van der Waals surface area contributed by atoms with Crippen molar-refractivity contribution >= 4 is 11.8 Å². The predicted molar refractivity (Wildman–Crippen MR) is 69.1 cm³/mol. The summed E-state index contributed by atoms with van der Waals surface area (Å²) in [6, 6.07) is 2.39. The van der Waals surface area contributed by atoms with E-state index in [1.807, 2.05) is 0 Å².